The summed E-state index contributed by atoms with van der Waals surface area (Å²) in [5, 5.41) is 17.6. The van der Waals surface area contributed by atoms with E-state index in [-0.39, 0.29) is 17.2 Å². The van der Waals surface area contributed by atoms with Crippen LogP contribution in [-0.2, 0) is 4.74 Å². The molecule has 0 bridgehead atoms. The van der Waals surface area contributed by atoms with Crippen molar-refractivity contribution in [2.45, 2.75) is 25.5 Å². The van der Waals surface area contributed by atoms with E-state index in [1.54, 1.807) is 13.8 Å². The zero-order valence-corrected chi connectivity index (χ0v) is 12.7. The van der Waals surface area contributed by atoms with Gasteiger partial charge in [-0.15, -0.1) is 0 Å². The van der Waals surface area contributed by atoms with Crippen LogP contribution in [0.1, 0.15) is 25.7 Å². The normalized spacial score (nSPS) is 12.9. The Bertz CT molecular complexity index is 718. The number of benzene rings is 1. The highest BCUT2D eigenvalue weighted by molar-refractivity contribution is 5.65. The van der Waals surface area contributed by atoms with Gasteiger partial charge < -0.3 is 15.2 Å². The van der Waals surface area contributed by atoms with Crippen molar-refractivity contribution in [2.24, 2.45) is 0 Å². The molecule has 9 heteroatoms. The summed E-state index contributed by atoms with van der Waals surface area (Å²) in [6.45, 7) is 3.30. The number of H-pyrrole nitrogens is 1. The van der Waals surface area contributed by atoms with Gasteiger partial charge in [-0.3, -0.25) is 5.10 Å². The maximum absolute atomic E-state index is 13.8. The highest BCUT2D eigenvalue weighted by atomic mass is 19.1. The minimum absolute atomic E-state index is 0.0823. The Kier molecular flexibility index (Phi) is 4.60. The van der Waals surface area contributed by atoms with Gasteiger partial charge in [-0.1, -0.05) is 0 Å². The molecule has 1 aromatic heterocycles. The molecule has 3 N–H and O–H groups in total. The van der Waals surface area contributed by atoms with Crippen LogP contribution in [0.4, 0.5) is 13.6 Å². The molecule has 0 saturated carbocycles. The van der Waals surface area contributed by atoms with Crippen molar-refractivity contribution in [3.8, 4) is 11.4 Å². The number of amides is 1. The van der Waals surface area contributed by atoms with Crippen molar-refractivity contribution in [1.29, 1.82) is 0 Å². The van der Waals surface area contributed by atoms with Gasteiger partial charge in [0, 0.05) is 7.11 Å². The summed E-state index contributed by atoms with van der Waals surface area (Å²) in [7, 11) is 1.42. The third-order valence-corrected chi connectivity index (χ3v) is 3.43. The van der Waals surface area contributed by atoms with Crippen LogP contribution in [0.2, 0.25) is 0 Å². The smallest absolute Gasteiger partial charge is 0.405 e. The summed E-state index contributed by atoms with van der Waals surface area (Å²) in [6.07, 6.45) is -1.28. The van der Waals surface area contributed by atoms with Crippen molar-refractivity contribution >= 4 is 6.09 Å². The Morgan fingerprint density at radius 3 is 2.74 bits per heavy atom. The Hall–Kier alpha value is -2.55. The summed E-state index contributed by atoms with van der Waals surface area (Å²) in [5.74, 6) is -1.28. The Morgan fingerprint density at radius 2 is 2.13 bits per heavy atom. The molecule has 0 saturated heterocycles. The number of aromatic amines is 1. The van der Waals surface area contributed by atoms with Gasteiger partial charge in [-0.25, -0.2) is 18.6 Å². The van der Waals surface area contributed by atoms with Crippen LogP contribution in [0.15, 0.2) is 18.2 Å². The summed E-state index contributed by atoms with van der Waals surface area (Å²) >= 11 is 0. The molecule has 0 spiro atoms. The number of hydrogen-bond donors (Lipinski definition) is 3. The van der Waals surface area contributed by atoms with Crippen LogP contribution in [-0.4, -0.2) is 39.1 Å². The van der Waals surface area contributed by atoms with E-state index in [0.717, 1.165) is 18.2 Å². The molecular formula is C14H16F2N4O3. The zero-order chi connectivity index (χ0) is 17.2. The fourth-order valence-electron chi connectivity index (χ4n) is 2.01. The van der Waals surface area contributed by atoms with Crippen LogP contribution >= 0.6 is 0 Å². The van der Waals surface area contributed by atoms with E-state index >= 15 is 0 Å². The molecule has 1 amide bonds. The molecule has 0 aliphatic rings. The molecule has 0 radical (unpaired) electrons. The number of hydrogen-bond acceptors (Lipinski definition) is 4. The lowest BCUT2D eigenvalue weighted by molar-refractivity contribution is -0.0121. The number of halogens is 2. The summed E-state index contributed by atoms with van der Waals surface area (Å²) in [6, 6.07) is 2.02. The number of carboxylic acid groups (broad SMARTS) is 1. The van der Waals surface area contributed by atoms with Gasteiger partial charge in [0.05, 0.1) is 11.2 Å². The highest BCUT2D eigenvalue weighted by Gasteiger charge is 2.35. The van der Waals surface area contributed by atoms with Crippen molar-refractivity contribution in [1.82, 2.24) is 20.5 Å². The van der Waals surface area contributed by atoms with Gasteiger partial charge in [-0.2, -0.15) is 5.10 Å². The Morgan fingerprint density at radius 1 is 1.43 bits per heavy atom. The Labute approximate surface area is 130 Å². The molecular weight excluding hydrogens is 310 g/mol. The van der Waals surface area contributed by atoms with Gasteiger partial charge in [0.2, 0.25) is 0 Å². The quantitative estimate of drug-likeness (QED) is 0.784. The number of rotatable bonds is 5. The lowest BCUT2D eigenvalue weighted by Crippen LogP contribution is -2.43. The first-order valence-corrected chi connectivity index (χ1v) is 6.67. The predicted molar refractivity (Wildman–Crippen MR) is 76.7 cm³/mol. The van der Waals surface area contributed by atoms with E-state index in [2.05, 4.69) is 20.5 Å². The minimum Gasteiger partial charge on any atom is -0.465 e. The molecule has 1 atom stereocenters. The van der Waals surface area contributed by atoms with Crippen LogP contribution < -0.4 is 5.32 Å². The summed E-state index contributed by atoms with van der Waals surface area (Å²) < 4.78 is 32.3. The third-order valence-electron chi connectivity index (χ3n) is 3.43. The number of aromatic nitrogens is 3. The van der Waals surface area contributed by atoms with Gasteiger partial charge in [0.25, 0.3) is 0 Å². The maximum atomic E-state index is 13.8. The second-order valence-corrected chi connectivity index (χ2v) is 5.36. The molecule has 2 aromatic rings. The summed E-state index contributed by atoms with van der Waals surface area (Å²) in [5.41, 5.74) is -1.08. The fraction of sp³-hybridized carbons (Fsp3) is 0.357. The molecule has 1 aromatic carbocycles. The number of ether oxygens (including phenoxy) is 1. The number of carbonyl (C=O) groups is 1. The predicted octanol–water partition coefficient (Wildman–Crippen LogP) is 2.48. The third kappa shape index (κ3) is 3.62. The maximum Gasteiger partial charge on any atom is 0.405 e. The largest absolute Gasteiger partial charge is 0.465 e. The fourth-order valence-corrected chi connectivity index (χ4v) is 2.01. The number of nitrogens with zero attached hydrogens (tertiary/aromatic N) is 2. The molecule has 0 fully saturated rings. The van der Waals surface area contributed by atoms with E-state index in [0.29, 0.717) is 0 Å². The number of methoxy groups -OCH3 is 1. The van der Waals surface area contributed by atoms with Crippen molar-refractivity contribution in [3.63, 3.8) is 0 Å². The van der Waals surface area contributed by atoms with E-state index < -0.39 is 29.4 Å². The molecule has 0 aliphatic carbocycles. The first kappa shape index (κ1) is 16.8. The van der Waals surface area contributed by atoms with Gasteiger partial charge in [0.1, 0.15) is 17.7 Å². The average molecular weight is 326 g/mol. The van der Waals surface area contributed by atoms with Gasteiger partial charge in [0.15, 0.2) is 11.6 Å². The van der Waals surface area contributed by atoms with E-state index in [1.165, 1.54) is 7.11 Å². The van der Waals surface area contributed by atoms with Crippen molar-refractivity contribution in [3.05, 3.63) is 35.7 Å². The topological polar surface area (TPSA) is 100 Å². The second-order valence-electron chi connectivity index (χ2n) is 5.36. The molecule has 2 rings (SSSR count). The van der Waals surface area contributed by atoms with Crippen LogP contribution in [0.5, 0.6) is 0 Å². The standard InChI is InChI=1S/C14H16F2N4O3/c1-14(2,23-3)10(17-13(21)22)12-18-11(19-20-12)8-6-7(15)4-5-9(8)16/h4-6,10,17H,1-3H3,(H,21,22)(H,18,19,20). The lowest BCUT2D eigenvalue weighted by Gasteiger charge is -2.31. The average Bonchev–Trinajstić information content (AvgIpc) is 2.96. The lowest BCUT2D eigenvalue weighted by atomic mass is 9.98. The molecule has 7 nitrogen and oxygen atoms in total. The molecule has 1 heterocycles. The van der Waals surface area contributed by atoms with Gasteiger partial charge >= 0.3 is 6.09 Å². The second kappa shape index (κ2) is 6.29. The number of nitrogens with one attached hydrogen (secondary N) is 2. The SMILES string of the molecule is COC(C)(C)C(NC(=O)O)c1nc(-c2cc(F)ccc2F)n[nH]1. The van der Waals surface area contributed by atoms with Crippen LogP contribution in [0, 0.1) is 11.6 Å². The highest BCUT2D eigenvalue weighted by Crippen LogP contribution is 2.28. The first-order chi connectivity index (χ1) is 10.7. The van der Waals surface area contributed by atoms with Crippen molar-refractivity contribution < 1.29 is 23.4 Å². The molecule has 0 aliphatic heterocycles. The Balaban J connectivity index is 2.42. The van der Waals surface area contributed by atoms with Gasteiger partial charge in [-0.05, 0) is 32.0 Å². The summed E-state index contributed by atoms with van der Waals surface area (Å²) in [4.78, 5) is 15.1. The molecule has 1 unspecified atom stereocenters. The van der Waals surface area contributed by atoms with E-state index in [9.17, 15) is 13.6 Å². The van der Waals surface area contributed by atoms with E-state index in [1.807, 2.05) is 0 Å². The van der Waals surface area contributed by atoms with Crippen LogP contribution in [0.3, 0.4) is 0 Å². The molecule has 124 valence electrons. The minimum atomic E-state index is -1.28. The zero-order valence-electron chi connectivity index (χ0n) is 12.7. The van der Waals surface area contributed by atoms with Crippen molar-refractivity contribution in [2.75, 3.05) is 7.11 Å². The monoisotopic (exact) mass is 326 g/mol. The first-order valence-electron chi connectivity index (χ1n) is 6.67. The van der Waals surface area contributed by atoms with Crippen LogP contribution in [0.25, 0.3) is 11.4 Å². The molecule has 23 heavy (non-hydrogen) atoms. The van der Waals surface area contributed by atoms with E-state index in [4.69, 9.17) is 9.84 Å².